The van der Waals surface area contributed by atoms with Crippen molar-refractivity contribution in [3.8, 4) is 0 Å². The molecular weight excluding hydrogens is 244 g/mol. The fourth-order valence-electron chi connectivity index (χ4n) is 3.74. The number of rotatable bonds is 9. The molecule has 120 valence electrons. The van der Waals surface area contributed by atoms with Gasteiger partial charge in [0.2, 0.25) is 0 Å². The molecule has 0 aromatic carbocycles. The van der Waals surface area contributed by atoms with E-state index in [1.54, 1.807) is 0 Å². The Balaban J connectivity index is 2.15. The highest BCUT2D eigenvalue weighted by Crippen LogP contribution is 2.36. The minimum absolute atomic E-state index is 0.326. The fraction of sp³-hybridized carbons (Fsp3) is 1.00. The summed E-state index contributed by atoms with van der Waals surface area (Å²) in [5.74, 6) is 1.63. The smallest absolute Gasteiger partial charge is 0.0648 e. The number of unbranched alkanes of at least 4 members (excludes halogenated alkanes) is 6. The molecule has 0 aliphatic heterocycles. The molecule has 1 aliphatic rings. The van der Waals surface area contributed by atoms with E-state index in [9.17, 15) is 5.11 Å². The third-order valence-electron chi connectivity index (χ3n) is 5.39. The summed E-state index contributed by atoms with van der Waals surface area (Å²) in [7, 11) is 0. The Hall–Kier alpha value is -0.0400. The summed E-state index contributed by atoms with van der Waals surface area (Å²) in [5, 5.41) is 10.8. The second kappa shape index (κ2) is 9.82. The number of hydrogen-bond donors (Lipinski definition) is 1. The second-order valence-corrected chi connectivity index (χ2v) is 7.53. The lowest BCUT2D eigenvalue weighted by Gasteiger charge is -2.27. The molecule has 0 aromatic rings. The van der Waals surface area contributed by atoms with Crippen molar-refractivity contribution in [3.05, 3.63) is 0 Å². The van der Waals surface area contributed by atoms with Gasteiger partial charge in [0.05, 0.1) is 5.60 Å². The lowest BCUT2D eigenvalue weighted by molar-refractivity contribution is 0.0125. The van der Waals surface area contributed by atoms with E-state index in [0.29, 0.717) is 0 Å². The minimum atomic E-state index is -0.326. The van der Waals surface area contributed by atoms with Crippen LogP contribution in [0.15, 0.2) is 0 Å². The quantitative estimate of drug-likeness (QED) is 0.400. The van der Waals surface area contributed by atoms with E-state index in [0.717, 1.165) is 31.1 Å². The first kappa shape index (κ1) is 18.0. The van der Waals surface area contributed by atoms with Crippen LogP contribution in [-0.4, -0.2) is 10.7 Å². The SMILES string of the molecule is CCCCCCCCCC1(O)CCCC(C(C)C)CC1. The molecule has 0 heterocycles. The van der Waals surface area contributed by atoms with Gasteiger partial charge in [0.15, 0.2) is 0 Å². The van der Waals surface area contributed by atoms with Crippen molar-refractivity contribution in [1.29, 1.82) is 0 Å². The van der Waals surface area contributed by atoms with Crippen molar-refractivity contribution in [3.63, 3.8) is 0 Å². The average molecular weight is 283 g/mol. The van der Waals surface area contributed by atoms with Crippen molar-refractivity contribution in [2.24, 2.45) is 11.8 Å². The maximum atomic E-state index is 10.8. The molecule has 20 heavy (non-hydrogen) atoms. The van der Waals surface area contributed by atoms with E-state index in [4.69, 9.17) is 0 Å². The summed E-state index contributed by atoms with van der Waals surface area (Å²) in [5.41, 5.74) is -0.326. The van der Waals surface area contributed by atoms with Crippen molar-refractivity contribution in [1.82, 2.24) is 0 Å². The molecule has 1 aliphatic carbocycles. The van der Waals surface area contributed by atoms with Gasteiger partial charge < -0.3 is 5.11 Å². The van der Waals surface area contributed by atoms with Crippen LogP contribution in [0.1, 0.15) is 104 Å². The monoisotopic (exact) mass is 282 g/mol. The first-order valence-corrected chi connectivity index (χ1v) is 9.30. The van der Waals surface area contributed by atoms with Crippen LogP contribution in [0.2, 0.25) is 0 Å². The van der Waals surface area contributed by atoms with Crippen LogP contribution >= 0.6 is 0 Å². The maximum Gasteiger partial charge on any atom is 0.0648 e. The summed E-state index contributed by atoms with van der Waals surface area (Å²) in [6, 6.07) is 0. The second-order valence-electron chi connectivity index (χ2n) is 7.53. The Bertz CT molecular complexity index is 236. The molecule has 0 saturated heterocycles. The van der Waals surface area contributed by atoms with Crippen LogP contribution in [-0.2, 0) is 0 Å². The highest BCUT2D eigenvalue weighted by Gasteiger charge is 2.30. The maximum absolute atomic E-state index is 10.8. The summed E-state index contributed by atoms with van der Waals surface area (Å²) in [6.45, 7) is 6.95. The van der Waals surface area contributed by atoms with Gasteiger partial charge in [0.25, 0.3) is 0 Å². The molecule has 1 fully saturated rings. The van der Waals surface area contributed by atoms with Crippen molar-refractivity contribution in [2.45, 2.75) is 110 Å². The first-order valence-electron chi connectivity index (χ1n) is 9.30. The molecule has 1 N–H and O–H groups in total. The van der Waals surface area contributed by atoms with Crippen molar-refractivity contribution in [2.75, 3.05) is 0 Å². The molecule has 0 amide bonds. The lowest BCUT2D eigenvalue weighted by Crippen LogP contribution is -2.27. The highest BCUT2D eigenvalue weighted by molar-refractivity contribution is 4.84. The van der Waals surface area contributed by atoms with E-state index in [2.05, 4.69) is 20.8 Å². The molecule has 0 radical (unpaired) electrons. The predicted molar refractivity (Wildman–Crippen MR) is 89.0 cm³/mol. The summed E-state index contributed by atoms with van der Waals surface area (Å²) >= 11 is 0. The zero-order valence-corrected chi connectivity index (χ0v) is 14.3. The zero-order valence-electron chi connectivity index (χ0n) is 14.3. The molecule has 1 heteroatoms. The summed E-state index contributed by atoms with van der Waals surface area (Å²) in [6.07, 6.45) is 16.4. The Labute approximate surface area is 127 Å². The van der Waals surface area contributed by atoms with Crippen LogP contribution < -0.4 is 0 Å². The molecule has 1 rings (SSSR count). The Morgan fingerprint density at radius 3 is 2.25 bits per heavy atom. The van der Waals surface area contributed by atoms with Gasteiger partial charge in [0, 0.05) is 0 Å². The van der Waals surface area contributed by atoms with Gasteiger partial charge in [-0.15, -0.1) is 0 Å². The van der Waals surface area contributed by atoms with E-state index >= 15 is 0 Å². The van der Waals surface area contributed by atoms with Gasteiger partial charge >= 0.3 is 0 Å². The van der Waals surface area contributed by atoms with E-state index in [1.165, 1.54) is 64.2 Å². The van der Waals surface area contributed by atoms with Crippen molar-refractivity contribution < 1.29 is 5.11 Å². The van der Waals surface area contributed by atoms with Gasteiger partial charge in [-0.05, 0) is 37.5 Å². The first-order chi connectivity index (χ1) is 9.57. The van der Waals surface area contributed by atoms with Crippen LogP contribution in [0, 0.1) is 11.8 Å². The molecule has 0 aromatic heterocycles. The van der Waals surface area contributed by atoms with Crippen LogP contribution in [0.25, 0.3) is 0 Å². The lowest BCUT2D eigenvalue weighted by atomic mass is 9.86. The topological polar surface area (TPSA) is 20.2 Å². The van der Waals surface area contributed by atoms with Crippen LogP contribution in [0.3, 0.4) is 0 Å². The molecule has 1 nitrogen and oxygen atoms in total. The molecule has 0 spiro atoms. The van der Waals surface area contributed by atoms with Gasteiger partial charge in [-0.3, -0.25) is 0 Å². The van der Waals surface area contributed by atoms with Crippen molar-refractivity contribution >= 4 is 0 Å². The van der Waals surface area contributed by atoms with Gasteiger partial charge in [-0.1, -0.05) is 78.6 Å². The summed E-state index contributed by atoms with van der Waals surface area (Å²) in [4.78, 5) is 0. The van der Waals surface area contributed by atoms with Crippen LogP contribution in [0.5, 0.6) is 0 Å². The zero-order chi connectivity index (χ0) is 14.8. The predicted octanol–water partition coefficient (Wildman–Crippen LogP) is 6.09. The molecule has 1 saturated carbocycles. The molecule has 2 unspecified atom stereocenters. The minimum Gasteiger partial charge on any atom is -0.390 e. The third-order valence-corrected chi connectivity index (χ3v) is 5.39. The Morgan fingerprint density at radius 2 is 1.60 bits per heavy atom. The Morgan fingerprint density at radius 1 is 0.950 bits per heavy atom. The Kier molecular flexibility index (Phi) is 8.84. The van der Waals surface area contributed by atoms with E-state index < -0.39 is 0 Å². The van der Waals surface area contributed by atoms with Gasteiger partial charge in [-0.25, -0.2) is 0 Å². The third kappa shape index (κ3) is 7.11. The molecular formula is C19H38O. The summed E-state index contributed by atoms with van der Waals surface area (Å²) < 4.78 is 0. The average Bonchev–Trinajstić information content (AvgIpc) is 2.60. The fourth-order valence-corrected chi connectivity index (χ4v) is 3.74. The molecule has 2 atom stereocenters. The van der Waals surface area contributed by atoms with Gasteiger partial charge in [0.1, 0.15) is 0 Å². The van der Waals surface area contributed by atoms with Gasteiger partial charge in [-0.2, -0.15) is 0 Å². The van der Waals surface area contributed by atoms with E-state index in [1.807, 2.05) is 0 Å². The number of hydrogen-bond acceptors (Lipinski definition) is 1. The highest BCUT2D eigenvalue weighted by atomic mass is 16.3. The number of aliphatic hydroxyl groups is 1. The largest absolute Gasteiger partial charge is 0.390 e. The standard InChI is InChI=1S/C19H38O/c1-4-5-6-7-8-9-10-14-19(20)15-11-12-18(13-16-19)17(2)3/h17-18,20H,4-16H2,1-3H3. The van der Waals surface area contributed by atoms with Crippen LogP contribution in [0.4, 0.5) is 0 Å². The molecule has 0 bridgehead atoms. The van der Waals surface area contributed by atoms with E-state index in [-0.39, 0.29) is 5.60 Å². The normalized spacial score (nSPS) is 27.8.